The summed E-state index contributed by atoms with van der Waals surface area (Å²) in [6.07, 6.45) is 4.80. The topological polar surface area (TPSA) is 64.3 Å². The van der Waals surface area contributed by atoms with Gasteiger partial charge in [-0.3, -0.25) is 9.63 Å². The highest BCUT2D eigenvalue weighted by Crippen LogP contribution is 1.63. The molecule has 0 rings (SSSR count). The monoisotopic (exact) mass is 128 g/mol. The number of carbonyl (C=O) groups excluding carboxylic acids is 1. The smallest absolute Gasteiger partial charge is 0.257 e. The molecule has 0 aliphatic rings. The number of nitrogens with two attached hydrogens (primary N) is 1. The number of carbonyl (C=O) groups is 1. The van der Waals surface area contributed by atoms with Crippen molar-refractivity contribution in [2.45, 2.75) is 0 Å². The number of hydroxylamine groups is 1. The first kappa shape index (κ1) is 7.95. The number of amides is 1. The zero-order valence-corrected chi connectivity index (χ0v) is 4.89. The van der Waals surface area contributed by atoms with Crippen molar-refractivity contribution in [1.29, 1.82) is 0 Å². The summed E-state index contributed by atoms with van der Waals surface area (Å²) < 4.78 is 0. The van der Waals surface area contributed by atoms with E-state index in [9.17, 15) is 4.79 Å². The summed E-state index contributed by atoms with van der Waals surface area (Å²) in [5.41, 5.74) is 6.94. The van der Waals surface area contributed by atoms with E-state index in [2.05, 4.69) is 10.8 Å². The number of hydrogen-bond donors (Lipinski definition) is 2. The lowest BCUT2D eigenvalue weighted by atomic mass is 10.6. The molecule has 0 unspecified atom stereocenters. The van der Waals surface area contributed by atoms with E-state index >= 15 is 0 Å². The molecule has 0 bridgehead atoms. The van der Waals surface area contributed by atoms with Crippen LogP contribution in [-0.4, -0.2) is 19.1 Å². The van der Waals surface area contributed by atoms with E-state index in [1.54, 1.807) is 0 Å². The molecule has 0 heterocycles. The van der Waals surface area contributed by atoms with Gasteiger partial charge in [0.25, 0.3) is 5.91 Å². The van der Waals surface area contributed by atoms with Gasteiger partial charge in [-0.05, 0) is 0 Å². The lowest BCUT2D eigenvalue weighted by Gasteiger charge is -1.98. The molecule has 1 amide bonds. The Morgan fingerprint density at radius 1 is 1.89 bits per heavy atom. The third-order valence-corrected chi connectivity index (χ3v) is 0.527. The number of nitrogens with one attached hydrogen (secondary N) is 1. The first-order valence-corrected chi connectivity index (χ1v) is 2.35. The van der Waals surface area contributed by atoms with Crippen LogP contribution < -0.4 is 11.2 Å². The normalized spacial score (nSPS) is 8.00. The summed E-state index contributed by atoms with van der Waals surface area (Å²) in [6, 6.07) is 0. The second-order valence-corrected chi connectivity index (χ2v) is 1.22. The van der Waals surface area contributed by atoms with Gasteiger partial charge in [-0.1, -0.05) is 5.92 Å². The van der Waals surface area contributed by atoms with E-state index in [1.807, 2.05) is 5.48 Å². The predicted octanol–water partition coefficient (Wildman–Crippen LogP) is -1.37. The van der Waals surface area contributed by atoms with Gasteiger partial charge in [-0.2, -0.15) is 0 Å². The van der Waals surface area contributed by atoms with Crippen LogP contribution in [0.4, 0.5) is 0 Å². The minimum absolute atomic E-state index is 0.0613. The Hall–Kier alpha value is -1.05. The van der Waals surface area contributed by atoms with Crippen molar-refractivity contribution < 1.29 is 9.63 Å². The van der Waals surface area contributed by atoms with Crippen molar-refractivity contribution in [2.24, 2.45) is 5.73 Å². The first-order chi connectivity index (χ1) is 4.31. The van der Waals surface area contributed by atoms with E-state index in [0.29, 0.717) is 0 Å². The Morgan fingerprint density at radius 2 is 2.56 bits per heavy atom. The molecule has 4 heteroatoms. The van der Waals surface area contributed by atoms with Crippen molar-refractivity contribution in [1.82, 2.24) is 5.48 Å². The Labute approximate surface area is 53.3 Å². The van der Waals surface area contributed by atoms with Crippen molar-refractivity contribution in [2.75, 3.05) is 13.2 Å². The molecular formula is C5H8N2O2. The molecular weight excluding hydrogens is 120 g/mol. The molecule has 0 fully saturated rings. The minimum Gasteiger partial charge on any atom is -0.322 e. The molecule has 0 aliphatic heterocycles. The maximum absolute atomic E-state index is 10.3. The quantitative estimate of drug-likeness (QED) is 0.280. The average Bonchev–Trinajstić information content (AvgIpc) is 1.89. The first-order valence-electron chi connectivity index (χ1n) is 2.35. The second kappa shape index (κ2) is 5.09. The van der Waals surface area contributed by atoms with Gasteiger partial charge in [0.15, 0.2) is 0 Å². The second-order valence-electron chi connectivity index (χ2n) is 1.22. The molecule has 3 N–H and O–H groups in total. The van der Waals surface area contributed by atoms with Crippen molar-refractivity contribution in [3.8, 4) is 12.3 Å². The molecule has 0 aromatic carbocycles. The molecule has 9 heavy (non-hydrogen) atoms. The maximum Gasteiger partial charge on any atom is 0.257 e. The highest BCUT2D eigenvalue weighted by Gasteiger charge is 1.92. The zero-order chi connectivity index (χ0) is 7.11. The molecule has 0 saturated heterocycles. The van der Waals surface area contributed by atoms with E-state index in [0.717, 1.165) is 0 Å². The molecule has 0 atom stereocenters. The van der Waals surface area contributed by atoms with E-state index < -0.39 is 0 Å². The van der Waals surface area contributed by atoms with Crippen LogP contribution in [0.5, 0.6) is 0 Å². The van der Waals surface area contributed by atoms with Gasteiger partial charge in [0, 0.05) is 0 Å². The van der Waals surface area contributed by atoms with Crippen molar-refractivity contribution in [3.05, 3.63) is 0 Å². The molecule has 50 valence electrons. The molecule has 0 spiro atoms. The average molecular weight is 128 g/mol. The third-order valence-electron chi connectivity index (χ3n) is 0.527. The number of hydrogen-bond acceptors (Lipinski definition) is 3. The van der Waals surface area contributed by atoms with E-state index in [-0.39, 0.29) is 19.1 Å². The van der Waals surface area contributed by atoms with Gasteiger partial charge >= 0.3 is 0 Å². The molecule has 0 aromatic rings. The van der Waals surface area contributed by atoms with Gasteiger partial charge in [-0.25, -0.2) is 5.48 Å². The Bertz CT molecular complexity index is 127. The van der Waals surface area contributed by atoms with Crippen molar-refractivity contribution in [3.63, 3.8) is 0 Å². The maximum atomic E-state index is 10.3. The summed E-state index contributed by atoms with van der Waals surface area (Å²) in [5, 5.41) is 0. The van der Waals surface area contributed by atoms with Gasteiger partial charge in [-0.15, -0.1) is 6.42 Å². The van der Waals surface area contributed by atoms with Crippen molar-refractivity contribution >= 4 is 5.91 Å². The predicted molar refractivity (Wildman–Crippen MR) is 32.0 cm³/mol. The van der Waals surface area contributed by atoms with Crippen LogP contribution in [0.2, 0.25) is 0 Å². The van der Waals surface area contributed by atoms with Gasteiger partial charge in [0.1, 0.15) is 6.61 Å². The van der Waals surface area contributed by atoms with Crippen LogP contribution in [0.15, 0.2) is 0 Å². The van der Waals surface area contributed by atoms with E-state index in [4.69, 9.17) is 12.2 Å². The molecule has 0 aliphatic carbocycles. The van der Waals surface area contributed by atoms with Crippen LogP contribution in [-0.2, 0) is 9.63 Å². The number of rotatable bonds is 3. The minimum atomic E-state index is -0.384. The third kappa shape index (κ3) is 4.81. The Kier molecular flexibility index (Phi) is 4.50. The summed E-state index contributed by atoms with van der Waals surface area (Å²) in [6.45, 7) is -0.0314. The lowest BCUT2D eigenvalue weighted by molar-refractivity contribution is -0.130. The van der Waals surface area contributed by atoms with Crippen LogP contribution in [0.3, 0.4) is 0 Å². The highest BCUT2D eigenvalue weighted by atomic mass is 16.6. The van der Waals surface area contributed by atoms with Crippen LogP contribution in [0.1, 0.15) is 0 Å². The summed E-state index contributed by atoms with van der Waals surface area (Å²) in [4.78, 5) is 14.7. The fourth-order valence-corrected chi connectivity index (χ4v) is 0.200. The van der Waals surface area contributed by atoms with Crippen LogP contribution in [0, 0.1) is 12.3 Å². The van der Waals surface area contributed by atoms with Gasteiger partial charge in [0.2, 0.25) is 0 Å². The zero-order valence-electron chi connectivity index (χ0n) is 4.89. The number of terminal acetylenes is 1. The SMILES string of the molecule is C#CCONC(=O)CN. The Balaban J connectivity index is 3.09. The molecule has 0 radical (unpaired) electrons. The summed E-state index contributed by atoms with van der Waals surface area (Å²) >= 11 is 0. The van der Waals surface area contributed by atoms with Gasteiger partial charge in [0.05, 0.1) is 6.54 Å². The van der Waals surface area contributed by atoms with Crippen LogP contribution in [0.25, 0.3) is 0 Å². The molecule has 0 aromatic heterocycles. The Morgan fingerprint density at radius 3 is 3.00 bits per heavy atom. The standard InChI is InChI=1S/C5H8N2O2/c1-2-3-9-7-5(8)4-6/h1H,3-4,6H2,(H,7,8). The van der Waals surface area contributed by atoms with Crippen LogP contribution >= 0.6 is 0 Å². The molecule has 4 nitrogen and oxygen atoms in total. The van der Waals surface area contributed by atoms with Gasteiger partial charge < -0.3 is 5.73 Å². The highest BCUT2D eigenvalue weighted by molar-refractivity contribution is 5.76. The lowest BCUT2D eigenvalue weighted by Crippen LogP contribution is -2.30. The summed E-state index contributed by atoms with van der Waals surface area (Å²) in [7, 11) is 0. The fraction of sp³-hybridized carbons (Fsp3) is 0.400. The largest absolute Gasteiger partial charge is 0.322 e. The molecule has 0 saturated carbocycles. The fourth-order valence-electron chi connectivity index (χ4n) is 0.200. The summed E-state index contributed by atoms with van der Waals surface area (Å²) in [5.74, 6) is 1.79. The van der Waals surface area contributed by atoms with E-state index in [1.165, 1.54) is 0 Å².